The average molecular weight is 361 g/mol. The van der Waals surface area contributed by atoms with Crippen LogP contribution in [0.15, 0.2) is 47.2 Å². The zero-order chi connectivity index (χ0) is 16.7. The van der Waals surface area contributed by atoms with Gasteiger partial charge in [0.05, 0.1) is 9.75 Å². The molecule has 1 fully saturated rings. The summed E-state index contributed by atoms with van der Waals surface area (Å²) in [5.41, 5.74) is -1.71. The lowest BCUT2D eigenvalue weighted by Gasteiger charge is -2.37. The lowest BCUT2D eigenvalue weighted by molar-refractivity contribution is -0.170. The fraction of sp³-hybridized carbons (Fsp3) is 0.389. The van der Waals surface area contributed by atoms with E-state index in [1.807, 2.05) is 22.9 Å². The number of carbonyl (C=O) groups is 1. The Labute approximate surface area is 149 Å². The number of esters is 1. The molecule has 1 saturated heterocycles. The van der Waals surface area contributed by atoms with Gasteiger partial charge in [-0.15, -0.1) is 22.7 Å². The minimum Gasteiger partial charge on any atom is -0.460 e. The van der Waals surface area contributed by atoms with E-state index in [1.165, 1.54) is 22.7 Å². The van der Waals surface area contributed by atoms with Crippen LogP contribution in [-0.4, -0.2) is 41.2 Å². The maximum absolute atomic E-state index is 13.0. The van der Waals surface area contributed by atoms with Crippen LogP contribution in [0.1, 0.15) is 22.6 Å². The molecule has 2 aliphatic heterocycles. The molecule has 6 heteroatoms. The van der Waals surface area contributed by atoms with Crippen molar-refractivity contribution in [1.29, 1.82) is 0 Å². The zero-order valence-electron chi connectivity index (χ0n) is 13.3. The lowest BCUT2D eigenvalue weighted by atomic mass is 9.97. The van der Waals surface area contributed by atoms with Crippen LogP contribution in [0, 0.1) is 0 Å². The van der Waals surface area contributed by atoms with Gasteiger partial charge in [0.15, 0.2) is 0 Å². The second-order valence-corrected chi connectivity index (χ2v) is 8.24. The molecule has 3 atom stereocenters. The van der Waals surface area contributed by atoms with Gasteiger partial charge < -0.3 is 9.84 Å². The Morgan fingerprint density at radius 3 is 2.17 bits per heavy atom. The molecular weight excluding hydrogens is 342 g/mol. The topological polar surface area (TPSA) is 49.8 Å². The normalized spacial score (nSPS) is 26.7. The van der Waals surface area contributed by atoms with E-state index in [4.69, 9.17) is 4.74 Å². The highest BCUT2D eigenvalue weighted by molar-refractivity contribution is 7.12. The Bertz CT molecular complexity index is 688. The molecule has 2 aliphatic rings. The smallest absolute Gasteiger partial charge is 0.349 e. The van der Waals surface area contributed by atoms with Crippen LogP contribution in [0.3, 0.4) is 0 Å². The van der Waals surface area contributed by atoms with Crippen LogP contribution in [0.25, 0.3) is 0 Å². The number of aliphatic hydroxyl groups is 1. The molecule has 2 aromatic rings. The summed E-state index contributed by atoms with van der Waals surface area (Å²) in [7, 11) is 2.10. The van der Waals surface area contributed by atoms with Gasteiger partial charge in [0.25, 0.3) is 0 Å². The molecule has 0 aliphatic carbocycles. The number of piperidine rings is 1. The summed E-state index contributed by atoms with van der Waals surface area (Å²) in [6.07, 6.45) is 5.76. The van der Waals surface area contributed by atoms with Crippen molar-refractivity contribution in [2.75, 3.05) is 7.05 Å². The van der Waals surface area contributed by atoms with Crippen molar-refractivity contribution in [2.45, 2.75) is 36.6 Å². The van der Waals surface area contributed by atoms with Crippen molar-refractivity contribution in [3.05, 3.63) is 56.9 Å². The highest BCUT2D eigenvalue weighted by Crippen LogP contribution is 2.38. The Morgan fingerprint density at radius 2 is 1.71 bits per heavy atom. The van der Waals surface area contributed by atoms with Gasteiger partial charge in [0.1, 0.15) is 6.10 Å². The first-order valence-corrected chi connectivity index (χ1v) is 9.76. The van der Waals surface area contributed by atoms with E-state index in [-0.39, 0.29) is 6.10 Å². The first-order chi connectivity index (χ1) is 11.6. The molecule has 0 saturated carbocycles. The third-order valence-corrected chi connectivity index (χ3v) is 6.89. The second kappa shape index (κ2) is 6.11. The van der Waals surface area contributed by atoms with Crippen molar-refractivity contribution < 1.29 is 14.6 Å². The number of rotatable bonds is 4. The van der Waals surface area contributed by atoms with Crippen molar-refractivity contribution in [3.63, 3.8) is 0 Å². The van der Waals surface area contributed by atoms with Gasteiger partial charge in [0, 0.05) is 24.9 Å². The van der Waals surface area contributed by atoms with Crippen molar-refractivity contribution in [1.82, 2.24) is 4.90 Å². The maximum Gasteiger partial charge on any atom is 0.349 e. The van der Waals surface area contributed by atoms with Crippen LogP contribution < -0.4 is 0 Å². The molecule has 4 heterocycles. The van der Waals surface area contributed by atoms with Gasteiger partial charge in [-0.3, -0.25) is 4.90 Å². The number of carbonyl (C=O) groups excluding carboxylic acids is 1. The van der Waals surface area contributed by atoms with Crippen molar-refractivity contribution in [3.8, 4) is 0 Å². The highest BCUT2D eigenvalue weighted by atomic mass is 32.1. The van der Waals surface area contributed by atoms with E-state index < -0.39 is 11.6 Å². The van der Waals surface area contributed by atoms with Crippen LogP contribution in [0.5, 0.6) is 0 Å². The minimum atomic E-state index is -1.71. The second-order valence-electron chi connectivity index (χ2n) is 6.35. The number of thiophene rings is 2. The molecular formula is C18H19NO3S2. The number of hydrogen-bond acceptors (Lipinski definition) is 6. The SMILES string of the molecule is CN1[C@@H]2C=C[C@H]1C[C@H](OC(=O)C(O)(c1cccs1)c1cccs1)C2. The number of hydrogen-bond donors (Lipinski definition) is 1. The van der Waals surface area contributed by atoms with Crippen LogP contribution in [0.4, 0.5) is 0 Å². The van der Waals surface area contributed by atoms with Gasteiger partial charge in [0.2, 0.25) is 5.60 Å². The first-order valence-electron chi connectivity index (χ1n) is 8.00. The monoisotopic (exact) mass is 361 g/mol. The van der Waals surface area contributed by atoms with Gasteiger partial charge >= 0.3 is 5.97 Å². The summed E-state index contributed by atoms with van der Waals surface area (Å²) in [5.74, 6) is -0.568. The quantitative estimate of drug-likeness (QED) is 0.672. The molecule has 0 aromatic carbocycles. The molecule has 24 heavy (non-hydrogen) atoms. The van der Waals surface area contributed by atoms with Crippen molar-refractivity contribution in [2.24, 2.45) is 0 Å². The number of likely N-dealkylation sites (N-methyl/N-ethyl adjacent to an activating group) is 1. The zero-order valence-corrected chi connectivity index (χ0v) is 14.9. The van der Waals surface area contributed by atoms with E-state index in [1.54, 1.807) is 12.1 Å². The lowest BCUT2D eigenvalue weighted by Crippen LogP contribution is -2.46. The standard InChI is InChI=1S/C18H19NO3S2/c1-19-12-6-7-13(19)11-14(10-12)22-17(20)18(21,15-4-2-8-23-15)16-5-3-9-24-16/h2-9,12-14,21H,10-11H2,1H3/t12-,13+,14-. The van der Waals surface area contributed by atoms with Gasteiger partial charge in [-0.05, 0) is 29.9 Å². The van der Waals surface area contributed by atoms with Crippen molar-refractivity contribution >= 4 is 28.6 Å². The molecule has 0 amide bonds. The molecule has 2 bridgehead atoms. The molecule has 0 unspecified atom stereocenters. The summed E-state index contributed by atoms with van der Waals surface area (Å²) in [5, 5.41) is 15.0. The number of nitrogens with zero attached hydrogens (tertiary/aromatic N) is 1. The van der Waals surface area contributed by atoms with Crippen LogP contribution in [0.2, 0.25) is 0 Å². The molecule has 126 valence electrons. The summed E-state index contributed by atoms with van der Waals surface area (Å²) in [4.78, 5) is 16.5. The Balaban J connectivity index is 1.57. The Morgan fingerprint density at radius 1 is 1.17 bits per heavy atom. The predicted molar refractivity (Wildman–Crippen MR) is 95.2 cm³/mol. The third-order valence-electron chi connectivity index (χ3n) is 4.94. The maximum atomic E-state index is 13.0. The average Bonchev–Trinajstić information content (AvgIpc) is 3.30. The molecule has 0 spiro atoms. The van der Waals surface area contributed by atoms with E-state index in [9.17, 15) is 9.90 Å². The van der Waals surface area contributed by atoms with Gasteiger partial charge in [-0.2, -0.15) is 0 Å². The fourth-order valence-electron chi connectivity index (χ4n) is 3.52. The summed E-state index contributed by atoms with van der Waals surface area (Å²) < 4.78 is 5.79. The minimum absolute atomic E-state index is 0.162. The fourth-order valence-corrected chi connectivity index (χ4v) is 5.24. The summed E-state index contributed by atoms with van der Waals surface area (Å²) in [6, 6.07) is 7.88. The predicted octanol–water partition coefficient (Wildman–Crippen LogP) is 2.99. The van der Waals surface area contributed by atoms with E-state index in [2.05, 4.69) is 24.1 Å². The molecule has 1 N–H and O–H groups in total. The Kier molecular flexibility index (Phi) is 4.08. The summed E-state index contributed by atoms with van der Waals surface area (Å²) >= 11 is 2.74. The molecule has 2 aromatic heterocycles. The molecule has 4 nitrogen and oxygen atoms in total. The van der Waals surface area contributed by atoms with Crippen LogP contribution >= 0.6 is 22.7 Å². The summed E-state index contributed by atoms with van der Waals surface area (Å²) in [6.45, 7) is 0. The third kappa shape index (κ3) is 2.54. The first kappa shape index (κ1) is 16.0. The largest absolute Gasteiger partial charge is 0.460 e. The Hall–Kier alpha value is -1.47. The van der Waals surface area contributed by atoms with Gasteiger partial charge in [-0.1, -0.05) is 24.3 Å². The van der Waals surface area contributed by atoms with Gasteiger partial charge in [-0.25, -0.2) is 4.79 Å². The van der Waals surface area contributed by atoms with E-state index in [0.29, 0.717) is 21.8 Å². The highest BCUT2D eigenvalue weighted by Gasteiger charge is 2.46. The van der Waals surface area contributed by atoms with E-state index in [0.717, 1.165) is 12.8 Å². The van der Waals surface area contributed by atoms with Crippen LogP contribution in [-0.2, 0) is 15.1 Å². The van der Waals surface area contributed by atoms with E-state index >= 15 is 0 Å². The number of ether oxygens (including phenoxy) is 1. The molecule has 0 radical (unpaired) electrons. The number of fused-ring (bicyclic) bond motifs is 2. The molecule has 4 rings (SSSR count).